The average Bonchev–Trinajstić information content (AvgIpc) is 1.87. The van der Waals surface area contributed by atoms with Crippen LogP contribution in [0.15, 0.2) is 5.10 Å². The van der Waals surface area contributed by atoms with Crippen molar-refractivity contribution in [2.45, 2.75) is 6.92 Å². The molecule has 0 saturated carbocycles. The van der Waals surface area contributed by atoms with E-state index in [2.05, 4.69) is 5.10 Å². The van der Waals surface area contributed by atoms with Crippen molar-refractivity contribution in [3.63, 3.8) is 0 Å². The Morgan fingerprint density at radius 2 is 2.00 bits per heavy atom. The molecule has 0 radical (unpaired) electrons. The number of hydrogen-bond donors (Lipinski definition) is 0. The van der Waals surface area contributed by atoms with Crippen LogP contribution >= 0.6 is 0 Å². The van der Waals surface area contributed by atoms with Gasteiger partial charge in [-0.25, -0.2) is 0 Å². The lowest BCUT2D eigenvalue weighted by Crippen LogP contribution is -2.31. The molecule has 0 aliphatic rings. The number of carbonyl (C=O) groups excluding carboxylic acids is 1. The number of hydrogen-bond acceptors (Lipinski definition) is 3. The van der Waals surface area contributed by atoms with Crippen LogP contribution in [0, 0.1) is 0 Å². The third kappa shape index (κ3) is 4.36. The number of likely N-dealkylation sites (N-methyl/N-ethyl adjacent to an activating group) is 2. The first-order valence-corrected chi connectivity index (χ1v) is 3.47. The van der Waals surface area contributed by atoms with Gasteiger partial charge in [-0.05, 0) is 6.92 Å². The Bertz CT molecular complexity index is 154. The molecule has 0 saturated heterocycles. The maximum absolute atomic E-state index is 11.0. The van der Waals surface area contributed by atoms with Crippen LogP contribution < -0.4 is 0 Å². The van der Waals surface area contributed by atoms with Crippen molar-refractivity contribution in [3.05, 3.63) is 0 Å². The van der Waals surface area contributed by atoms with E-state index in [1.807, 2.05) is 6.92 Å². The molecule has 0 aromatic heterocycles. The van der Waals surface area contributed by atoms with Crippen LogP contribution in [0.25, 0.3) is 0 Å². The van der Waals surface area contributed by atoms with Crippen LogP contribution in [-0.2, 0) is 4.79 Å². The minimum absolute atomic E-state index is 0.0538. The average molecular weight is 157 g/mol. The van der Waals surface area contributed by atoms with Crippen molar-refractivity contribution < 1.29 is 4.79 Å². The van der Waals surface area contributed by atoms with Gasteiger partial charge in [0.25, 0.3) is 0 Å². The van der Waals surface area contributed by atoms with E-state index in [-0.39, 0.29) is 5.91 Å². The molecule has 0 aliphatic heterocycles. The molecule has 0 fully saturated rings. The van der Waals surface area contributed by atoms with Crippen LogP contribution in [0.2, 0.25) is 0 Å². The lowest BCUT2D eigenvalue weighted by Gasteiger charge is -2.15. The first-order chi connectivity index (χ1) is 5.07. The molecule has 0 aromatic carbocycles. The van der Waals surface area contributed by atoms with E-state index in [1.165, 1.54) is 0 Å². The number of carbonyl (C=O) groups is 1. The highest BCUT2D eigenvalue weighted by Crippen LogP contribution is 1.85. The smallest absolute Gasteiger partial charge is 0.243 e. The number of nitrogens with zero attached hydrogens (tertiary/aromatic N) is 3. The molecule has 1 amide bonds. The monoisotopic (exact) mass is 157 g/mol. The third-order valence-electron chi connectivity index (χ3n) is 1.18. The molecular weight excluding hydrogens is 142 g/mol. The molecule has 0 aromatic rings. The molecule has 64 valence electrons. The highest BCUT2D eigenvalue weighted by Gasteiger charge is 2.04. The molecule has 11 heavy (non-hydrogen) atoms. The number of hydrazone groups is 1. The third-order valence-corrected chi connectivity index (χ3v) is 1.18. The predicted molar refractivity (Wildman–Crippen MR) is 45.5 cm³/mol. The van der Waals surface area contributed by atoms with Gasteiger partial charge in [0, 0.05) is 27.4 Å². The van der Waals surface area contributed by atoms with E-state index in [1.54, 1.807) is 37.3 Å². The molecule has 0 bridgehead atoms. The van der Waals surface area contributed by atoms with Crippen molar-refractivity contribution in [1.82, 2.24) is 9.91 Å². The van der Waals surface area contributed by atoms with Gasteiger partial charge < -0.3 is 4.90 Å². The molecule has 0 aliphatic carbocycles. The summed E-state index contributed by atoms with van der Waals surface area (Å²) in [4.78, 5) is 12.6. The molecule has 0 atom stereocenters. The Morgan fingerprint density at radius 1 is 1.45 bits per heavy atom. The summed E-state index contributed by atoms with van der Waals surface area (Å²) in [5, 5.41) is 5.51. The first kappa shape index (κ1) is 9.94. The summed E-state index contributed by atoms with van der Waals surface area (Å²) in [5.41, 5.74) is 0. The van der Waals surface area contributed by atoms with Gasteiger partial charge in [-0.2, -0.15) is 5.10 Å². The zero-order valence-electron chi connectivity index (χ0n) is 7.53. The Morgan fingerprint density at radius 3 is 2.36 bits per heavy atom. The summed E-state index contributed by atoms with van der Waals surface area (Å²) in [5.74, 6) is 0.0538. The van der Waals surface area contributed by atoms with E-state index in [0.29, 0.717) is 6.54 Å². The van der Waals surface area contributed by atoms with E-state index in [4.69, 9.17) is 0 Å². The van der Waals surface area contributed by atoms with Gasteiger partial charge in [-0.3, -0.25) is 9.80 Å². The Labute approximate surface area is 67.5 Å². The maximum atomic E-state index is 11.0. The maximum Gasteiger partial charge on any atom is 0.243 e. The fourth-order valence-corrected chi connectivity index (χ4v) is 0.575. The number of rotatable bonds is 3. The largest absolute Gasteiger partial charge is 0.347 e. The predicted octanol–water partition coefficient (Wildman–Crippen LogP) is 0.0121. The molecule has 0 unspecified atom stereocenters. The SMILES string of the molecule is C/C=N\N(C)CC(=O)N(C)C. The molecule has 0 heterocycles. The Hall–Kier alpha value is -1.06. The van der Waals surface area contributed by atoms with Gasteiger partial charge in [0.05, 0.1) is 0 Å². The summed E-state index contributed by atoms with van der Waals surface area (Å²) >= 11 is 0. The minimum atomic E-state index is 0.0538. The van der Waals surface area contributed by atoms with Crippen molar-refractivity contribution in [2.24, 2.45) is 5.10 Å². The molecule has 0 spiro atoms. The van der Waals surface area contributed by atoms with Crippen LogP contribution in [0.1, 0.15) is 6.92 Å². The van der Waals surface area contributed by atoms with Gasteiger partial charge in [-0.1, -0.05) is 0 Å². The lowest BCUT2D eigenvalue weighted by atomic mass is 10.5. The summed E-state index contributed by atoms with van der Waals surface area (Å²) in [6, 6.07) is 0. The molecular formula is C7H15N3O. The molecule has 4 heteroatoms. The molecule has 0 rings (SSSR count). The summed E-state index contributed by atoms with van der Waals surface area (Å²) in [6.45, 7) is 2.15. The van der Waals surface area contributed by atoms with E-state index < -0.39 is 0 Å². The second-order valence-electron chi connectivity index (χ2n) is 2.48. The fourth-order valence-electron chi connectivity index (χ4n) is 0.575. The second-order valence-corrected chi connectivity index (χ2v) is 2.48. The van der Waals surface area contributed by atoms with Gasteiger partial charge in [0.2, 0.25) is 5.91 Å². The van der Waals surface area contributed by atoms with Crippen LogP contribution in [0.5, 0.6) is 0 Å². The van der Waals surface area contributed by atoms with Gasteiger partial charge in [-0.15, -0.1) is 0 Å². The standard InChI is InChI=1S/C7H15N3O/c1-5-8-10(4)6-7(11)9(2)3/h5H,6H2,1-4H3/b8-5-. The van der Waals surface area contributed by atoms with E-state index in [9.17, 15) is 4.79 Å². The lowest BCUT2D eigenvalue weighted by molar-refractivity contribution is -0.129. The van der Waals surface area contributed by atoms with Crippen molar-refractivity contribution in [2.75, 3.05) is 27.7 Å². The first-order valence-electron chi connectivity index (χ1n) is 3.47. The highest BCUT2D eigenvalue weighted by atomic mass is 16.2. The van der Waals surface area contributed by atoms with Crippen LogP contribution in [-0.4, -0.2) is 49.7 Å². The van der Waals surface area contributed by atoms with Crippen molar-refractivity contribution in [1.29, 1.82) is 0 Å². The molecule has 4 nitrogen and oxygen atoms in total. The summed E-state index contributed by atoms with van der Waals surface area (Å²) < 4.78 is 0. The summed E-state index contributed by atoms with van der Waals surface area (Å²) in [7, 11) is 5.22. The van der Waals surface area contributed by atoms with E-state index in [0.717, 1.165) is 0 Å². The zero-order chi connectivity index (χ0) is 8.85. The molecule has 0 N–H and O–H groups in total. The minimum Gasteiger partial charge on any atom is -0.347 e. The van der Waals surface area contributed by atoms with Gasteiger partial charge >= 0.3 is 0 Å². The summed E-state index contributed by atoms with van der Waals surface area (Å²) in [6.07, 6.45) is 1.66. The topological polar surface area (TPSA) is 35.9 Å². The van der Waals surface area contributed by atoms with Gasteiger partial charge in [0.15, 0.2) is 0 Å². The van der Waals surface area contributed by atoms with Crippen molar-refractivity contribution >= 4 is 12.1 Å². The zero-order valence-corrected chi connectivity index (χ0v) is 7.53. The van der Waals surface area contributed by atoms with Gasteiger partial charge in [0.1, 0.15) is 6.54 Å². The van der Waals surface area contributed by atoms with Crippen LogP contribution in [0.3, 0.4) is 0 Å². The Balaban J connectivity index is 3.75. The highest BCUT2D eigenvalue weighted by molar-refractivity contribution is 5.77. The Kier molecular flexibility index (Phi) is 4.26. The van der Waals surface area contributed by atoms with Crippen LogP contribution in [0.4, 0.5) is 0 Å². The normalized spacial score (nSPS) is 10.2. The quantitative estimate of drug-likeness (QED) is 0.427. The fraction of sp³-hybridized carbons (Fsp3) is 0.714. The second kappa shape index (κ2) is 4.71. The van der Waals surface area contributed by atoms with Crippen molar-refractivity contribution in [3.8, 4) is 0 Å². The number of amides is 1. The van der Waals surface area contributed by atoms with E-state index >= 15 is 0 Å².